The summed E-state index contributed by atoms with van der Waals surface area (Å²) in [6.07, 6.45) is 0.740. The van der Waals surface area contributed by atoms with Crippen LogP contribution in [0.5, 0.6) is 0 Å². The minimum Gasteiger partial charge on any atom is -0.347 e. The molecule has 2 amide bonds. The van der Waals surface area contributed by atoms with Crippen LogP contribution in [0.2, 0.25) is 10.0 Å². The van der Waals surface area contributed by atoms with Gasteiger partial charge in [0.25, 0.3) is 0 Å². The van der Waals surface area contributed by atoms with Gasteiger partial charge < -0.3 is 15.5 Å². The number of benzene rings is 2. The van der Waals surface area contributed by atoms with Crippen molar-refractivity contribution in [2.24, 2.45) is 5.92 Å². The summed E-state index contributed by atoms with van der Waals surface area (Å²) in [6, 6.07) is 12.2. The zero-order chi connectivity index (χ0) is 22.5. The van der Waals surface area contributed by atoms with E-state index in [9.17, 15) is 9.59 Å². The molecule has 2 aromatic rings. The lowest BCUT2D eigenvalue weighted by Crippen LogP contribution is -2.48. The van der Waals surface area contributed by atoms with E-state index in [0.29, 0.717) is 21.7 Å². The molecule has 2 aliphatic heterocycles. The second kappa shape index (κ2) is 8.12. The van der Waals surface area contributed by atoms with E-state index in [1.54, 1.807) is 31.1 Å². The normalized spacial score (nSPS) is 26.9. The number of rotatable bonds is 4. The van der Waals surface area contributed by atoms with Crippen LogP contribution in [-0.4, -0.2) is 42.9 Å². The van der Waals surface area contributed by atoms with E-state index in [2.05, 4.69) is 24.5 Å². The van der Waals surface area contributed by atoms with E-state index >= 15 is 0 Å². The van der Waals surface area contributed by atoms with Crippen molar-refractivity contribution < 1.29 is 9.59 Å². The molecule has 0 unspecified atom stereocenters. The number of fused-ring (bicyclic) bond motifs is 2. The highest BCUT2D eigenvalue weighted by atomic mass is 35.5. The maximum absolute atomic E-state index is 13.8. The van der Waals surface area contributed by atoms with E-state index in [-0.39, 0.29) is 17.9 Å². The van der Waals surface area contributed by atoms with Crippen molar-refractivity contribution in [1.82, 2.24) is 10.2 Å². The van der Waals surface area contributed by atoms with Gasteiger partial charge in [0.1, 0.15) is 5.41 Å². The molecule has 0 bridgehead atoms. The van der Waals surface area contributed by atoms with E-state index in [1.807, 2.05) is 30.3 Å². The highest BCUT2D eigenvalue weighted by Crippen LogP contribution is 2.56. The molecule has 2 heterocycles. The molecular formula is C24H27Cl2N3O2. The Kier molecular flexibility index (Phi) is 5.80. The van der Waals surface area contributed by atoms with E-state index in [4.69, 9.17) is 23.2 Å². The van der Waals surface area contributed by atoms with Crippen LogP contribution >= 0.6 is 23.2 Å². The molecule has 2 aliphatic rings. The molecule has 1 spiro atoms. The first-order valence-corrected chi connectivity index (χ1v) is 11.3. The largest absolute Gasteiger partial charge is 0.347 e. The third-order valence-electron chi connectivity index (χ3n) is 6.43. The fourth-order valence-electron chi connectivity index (χ4n) is 5.28. The van der Waals surface area contributed by atoms with Crippen molar-refractivity contribution >= 4 is 40.7 Å². The average molecular weight is 460 g/mol. The molecule has 2 N–H and O–H groups in total. The quantitative estimate of drug-likeness (QED) is 0.709. The molecule has 31 heavy (non-hydrogen) atoms. The van der Waals surface area contributed by atoms with Gasteiger partial charge >= 0.3 is 0 Å². The lowest BCUT2D eigenvalue weighted by molar-refractivity contribution is -0.131. The first-order chi connectivity index (χ1) is 14.7. The van der Waals surface area contributed by atoms with Crippen molar-refractivity contribution in [2.45, 2.75) is 43.7 Å². The van der Waals surface area contributed by atoms with Crippen molar-refractivity contribution in [3.63, 3.8) is 0 Å². The van der Waals surface area contributed by atoms with Crippen LogP contribution in [0, 0.1) is 5.92 Å². The van der Waals surface area contributed by atoms with Gasteiger partial charge in [-0.1, -0.05) is 55.2 Å². The molecule has 0 aliphatic carbocycles. The number of nitrogens with one attached hydrogen (secondary N) is 2. The predicted molar refractivity (Wildman–Crippen MR) is 125 cm³/mol. The van der Waals surface area contributed by atoms with Crippen LogP contribution in [0.3, 0.4) is 0 Å². The minimum atomic E-state index is -0.953. The monoisotopic (exact) mass is 459 g/mol. The molecule has 1 saturated heterocycles. The van der Waals surface area contributed by atoms with Crippen LogP contribution in [0.4, 0.5) is 5.69 Å². The summed E-state index contributed by atoms with van der Waals surface area (Å²) in [6.45, 7) is 4.25. The Labute approximate surface area is 193 Å². The third-order valence-corrected chi connectivity index (χ3v) is 6.90. The molecule has 164 valence electrons. The van der Waals surface area contributed by atoms with Crippen LogP contribution in [0.25, 0.3) is 0 Å². The number of anilines is 1. The van der Waals surface area contributed by atoms with Gasteiger partial charge in [-0.05, 0) is 47.7 Å². The Morgan fingerprint density at radius 1 is 1.13 bits per heavy atom. The average Bonchev–Trinajstić information content (AvgIpc) is 3.16. The number of carbonyl (C=O) groups excluding carboxylic acids is 2. The lowest BCUT2D eigenvalue weighted by atomic mass is 9.63. The minimum absolute atomic E-state index is 0.0641. The van der Waals surface area contributed by atoms with Gasteiger partial charge in [0.05, 0.1) is 6.04 Å². The van der Waals surface area contributed by atoms with Crippen molar-refractivity contribution in [2.75, 3.05) is 19.4 Å². The van der Waals surface area contributed by atoms with Gasteiger partial charge in [-0.25, -0.2) is 0 Å². The number of hydrogen-bond acceptors (Lipinski definition) is 3. The van der Waals surface area contributed by atoms with E-state index < -0.39 is 17.4 Å². The topological polar surface area (TPSA) is 61.4 Å². The number of nitrogens with zero attached hydrogens (tertiary/aromatic N) is 1. The van der Waals surface area contributed by atoms with Gasteiger partial charge in [-0.15, -0.1) is 0 Å². The van der Waals surface area contributed by atoms with Gasteiger partial charge in [0, 0.05) is 41.8 Å². The maximum Gasteiger partial charge on any atom is 0.239 e. The Balaban J connectivity index is 2.00. The highest BCUT2D eigenvalue weighted by Gasteiger charge is 2.65. The Morgan fingerprint density at radius 2 is 1.84 bits per heavy atom. The summed E-state index contributed by atoms with van der Waals surface area (Å²) in [5.74, 6) is -0.271. The Hall–Kier alpha value is -2.08. The first kappa shape index (κ1) is 22.1. The van der Waals surface area contributed by atoms with Crippen molar-refractivity contribution in [3.05, 3.63) is 63.6 Å². The number of halogens is 2. The Bertz CT molecular complexity index is 1040. The Morgan fingerprint density at radius 3 is 2.48 bits per heavy atom. The number of amides is 2. The van der Waals surface area contributed by atoms with E-state index in [0.717, 1.165) is 17.5 Å². The van der Waals surface area contributed by atoms with Gasteiger partial charge in [0.15, 0.2) is 0 Å². The molecule has 2 aromatic carbocycles. The van der Waals surface area contributed by atoms with Crippen LogP contribution in [0.1, 0.15) is 37.3 Å². The molecule has 0 saturated carbocycles. The van der Waals surface area contributed by atoms with Crippen LogP contribution in [-0.2, 0) is 15.0 Å². The van der Waals surface area contributed by atoms with E-state index in [1.165, 1.54) is 0 Å². The van der Waals surface area contributed by atoms with Crippen LogP contribution < -0.4 is 10.6 Å². The molecule has 0 aromatic heterocycles. The lowest BCUT2D eigenvalue weighted by Gasteiger charge is -2.36. The summed E-state index contributed by atoms with van der Waals surface area (Å²) in [5.41, 5.74) is 1.49. The summed E-state index contributed by atoms with van der Waals surface area (Å²) in [5, 5.41) is 7.75. The molecular weight excluding hydrogens is 433 g/mol. The smallest absolute Gasteiger partial charge is 0.239 e. The number of carbonyl (C=O) groups is 2. The van der Waals surface area contributed by atoms with Crippen molar-refractivity contribution in [1.29, 1.82) is 0 Å². The SMILES string of the molecule is CC(C)C[C@H]1N[C@@H](C(=O)N(C)C)[C@H](c2cccc(Cl)c2)[C@@]12C(=O)Nc1cc(Cl)ccc12. The molecule has 0 radical (unpaired) electrons. The van der Waals surface area contributed by atoms with Gasteiger partial charge in [-0.2, -0.15) is 0 Å². The second-order valence-corrected chi connectivity index (χ2v) is 9.98. The molecule has 5 nitrogen and oxygen atoms in total. The summed E-state index contributed by atoms with van der Waals surface area (Å²) in [4.78, 5) is 28.7. The summed E-state index contributed by atoms with van der Waals surface area (Å²) < 4.78 is 0. The fraction of sp³-hybridized carbons (Fsp3) is 0.417. The fourth-order valence-corrected chi connectivity index (χ4v) is 5.65. The van der Waals surface area contributed by atoms with Crippen molar-refractivity contribution in [3.8, 4) is 0 Å². The second-order valence-electron chi connectivity index (χ2n) is 9.10. The summed E-state index contributed by atoms with van der Waals surface area (Å²) in [7, 11) is 3.48. The van der Waals surface area contributed by atoms with Gasteiger partial charge in [0.2, 0.25) is 11.8 Å². The molecule has 4 rings (SSSR count). The van der Waals surface area contributed by atoms with Gasteiger partial charge in [-0.3, -0.25) is 9.59 Å². The molecule has 7 heteroatoms. The highest BCUT2D eigenvalue weighted by molar-refractivity contribution is 6.31. The standard InChI is InChI=1S/C24H27Cl2N3O2/c1-13(2)10-19-24(17-9-8-16(26)12-18(17)27-23(24)31)20(14-6-5-7-15(25)11-14)21(28-19)22(30)29(3)4/h5-9,11-13,19-21,28H,10H2,1-4H3,(H,27,31)/t19-,20+,21-,24+/m1/s1. The number of hydrogen-bond donors (Lipinski definition) is 2. The number of likely N-dealkylation sites (N-methyl/N-ethyl adjacent to an activating group) is 1. The molecule has 4 atom stereocenters. The zero-order valence-electron chi connectivity index (χ0n) is 18.1. The summed E-state index contributed by atoms with van der Waals surface area (Å²) >= 11 is 12.6. The van der Waals surface area contributed by atoms with Crippen LogP contribution in [0.15, 0.2) is 42.5 Å². The zero-order valence-corrected chi connectivity index (χ0v) is 19.6. The molecule has 1 fully saturated rings. The predicted octanol–water partition coefficient (Wildman–Crippen LogP) is 4.44. The maximum atomic E-state index is 13.8. The third kappa shape index (κ3) is 3.53. The first-order valence-electron chi connectivity index (χ1n) is 10.5.